The molecule has 0 bridgehead atoms. The van der Waals surface area contributed by atoms with Gasteiger partial charge < -0.3 is 14.6 Å². The second-order valence-corrected chi connectivity index (χ2v) is 6.40. The summed E-state index contributed by atoms with van der Waals surface area (Å²) in [5.74, 6) is 0.810. The lowest BCUT2D eigenvalue weighted by molar-refractivity contribution is 0.395. The Morgan fingerprint density at radius 2 is 2.10 bits per heavy atom. The molecule has 0 aliphatic heterocycles. The van der Waals surface area contributed by atoms with Gasteiger partial charge in [-0.3, -0.25) is 19.3 Å². The number of aromatic nitrogens is 2. The first-order valence-corrected chi connectivity index (χ1v) is 9.01. The normalized spacial score (nSPS) is 10.7. The standard InChI is InChI=1S/C22H20N4O4/c1-14-17(10-23)21(27)26(13-15-5-4-8-24-11-15)22(28)18(14)12-25-19-7-6-16(29-2)9-20(19)30-3/h4-9,11-12,28H,13H2,1-3H3. The number of hydrogen-bond donors (Lipinski definition) is 1. The number of hydrogen-bond acceptors (Lipinski definition) is 7. The molecule has 0 aliphatic rings. The minimum Gasteiger partial charge on any atom is -0.497 e. The Morgan fingerprint density at radius 1 is 1.30 bits per heavy atom. The topological polar surface area (TPSA) is 110 Å². The van der Waals surface area contributed by atoms with Gasteiger partial charge in [0.2, 0.25) is 5.88 Å². The van der Waals surface area contributed by atoms with Gasteiger partial charge in [-0.2, -0.15) is 5.26 Å². The van der Waals surface area contributed by atoms with Crippen molar-refractivity contribution in [3.63, 3.8) is 0 Å². The minimum absolute atomic E-state index is 0.0557. The van der Waals surface area contributed by atoms with Crippen molar-refractivity contribution in [2.45, 2.75) is 13.5 Å². The van der Waals surface area contributed by atoms with Gasteiger partial charge in [0.05, 0.1) is 26.3 Å². The van der Waals surface area contributed by atoms with E-state index in [9.17, 15) is 15.2 Å². The highest BCUT2D eigenvalue weighted by atomic mass is 16.5. The average Bonchev–Trinajstić information content (AvgIpc) is 2.77. The number of benzene rings is 1. The molecule has 8 nitrogen and oxygen atoms in total. The summed E-state index contributed by atoms with van der Waals surface area (Å²) in [4.78, 5) is 21.1. The number of pyridine rings is 2. The summed E-state index contributed by atoms with van der Waals surface area (Å²) >= 11 is 0. The molecule has 0 radical (unpaired) electrons. The Balaban J connectivity index is 2.11. The molecule has 30 heavy (non-hydrogen) atoms. The van der Waals surface area contributed by atoms with Gasteiger partial charge in [-0.15, -0.1) is 0 Å². The van der Waals surface area contributed by atoms with E-state index in [1.54, 1.807) is 56.8 Å². The zero-order valence-corrected chi connectivity index (χ0v) is 16.8. The molecule has 0 amide bonds. The highest BCUT2D eigenvalue weighted by molar-refractivity contribution is 5.88. The van der Waals surface area contributed by atoms with Gasteiger partial charge in [0.1, 0.15) is 28.8 Å². The van der Waals surface area contributed by atoms with Crippen LogP contribution in [0.2, 0.25) is 0 Å². The number of aliphatic imine (C=N–C) groups is 1. The fraction of sp³-hybridized carbons (Fsp3) is 0.182. The van der Waals surface area contributed by atoms with Crippen LogP contribution in [0.15, 0.2) is 52.5 Å². The van der Waals surface area contributed by atoms with Crippen molar-refractivity contribution in [1.29, 1.82) is 5.26 Å². The van der Waals surface area contributed by atoms with Crippen molar-refractivity contribution < 1.29 is 14.6 Å². The summed E-state index contributed by atoms with van der Waals surface area (Å²) in [5, 5.41) is 20.3. The molecule has 0 atom stereocenters. The lowest BCUT2D eigenvalue weighted by Crippen LogP contribution is -2.26. The zero-order valence-electron chi connectivity index (χ0n) is 16.8. The molecule has 152 valence electrons. The molecular weight excluding hydrogens is 384 g/mol. The molecule has 0 saturated heterocycles. The summed E-state index contributed by atoms with van der Waals surface area (Å²) in [6.07, 6.45) is 4.62. The maximum Gasteiger partial charge on any atom is 0.271 e. The van der Waals surface area contributed by atoms with Gasteiger partial charge in [-0.25, -0.2) is 0 Å². The van der Waals surface area contributed by atoms with Crippen molar-refractivity contribution in [2.75, 3.05) is 14.2 Å². The third-order valence-electron chi connectivity index (χ3n) is 4.63. The van der Waals surface area contributed by atoms with Crippen LogP contribution in [0.3, 0.4) is 0 Å². The van der Waals surface area contributed by atoms with Crippen LogP contribution >= 0.6 is 0 Å². The van der Waals surface area contributed by atoms with E-state index < -0.39 is 5.56 Å². The molecular formula is C22H20N4O4. The van der Waals surface area contributed by atoms with Crippen LogP contribution in [-0.4, -0.2) is 35.1 Å². The lowest BCUT2D eigenvalue weighted by atomic mass is 10.1. The molecule has 2 aromatic heterocycles. The average molecular weight is 404 g/mol. The molecule has 1 aromatic carbocycles. The van der Waals surface area contributed by atoms with Crippen LogP contribution < -0.4 is 15.0 Å². The third kappa shape index (κ3) is 4.00. The maximum atomic E-state index is 12.7. The number of rotatable bonds is 6. The lowest BCUT2D eigenvalue weighted by Gasteiger charge is -2.14. The molecule has 2 heterocycles. The third-order valence-corrected chi connectivity index (χ3v) is 4.63. The van der Waals surface area contributed by atoms with Crippen molar-refractivity contribution >= 4 is 11.9 Å². The first-order chi connectivity index (χ1) is 14.5. The summed E-state index contributed by atoms with van der Waals surface area (Å²) < 4.78 is 11.6. The zero-order chi connectivity index (χ0) is 21.7. The van der Waals surface area contributed by atoms with Gasteiger partial charge in [0, 0.05) is 24.7 Å². The van der Waals surface area contributed by atoms with Gasteiger partial charge in [-0.1, -0.05) is 6.07 Å². The molecule has 0 spiro atoms. The number of aromatic hydroxyl groups is 1. The Bertz CT molecular complexity index is 1190. The van der Waals surface area contributed by atoms with Crippen molar-refractivity contribution in [1.82, 2.24) is 9.55 Å². The Morgan fingerprint density at radius 3 is 2.73 bits per heavy atom. The fourth-order valence-electron chi connectivity index (χ4n) is 2.97. The molecule has 1 N–H and O–H groups in total. The molecule has 0 unspecified atom stereocenters. The van der Waals surface area contributed by atoms with Crippen LogP contribution in [0.1, 0.15) is 22.3 Å². The number of nitrogens with zero attached hydrogens (tertiary/aromatic N) is 4. The second kappa shape index (κ2) is 8.92. The van der Waals surface area contributed by atoms with Gasteiger partial charge in [0.25, 0.3) is 5.56 Å². The monoisotopic (exact) mass is 404 g/mol. The largest absolute Gasteiger partial charge is 0.497 e. The summed E-state index contributed by atoms with van der Waals surface area (Å²) in [7, 11) is 3.06. The highest BCUT2D eigenvalue weighted by Gasteiger charge is 2.18. The first-order valence-electron chi connectivity index (χ1n) is 9.01. The Labute approximate surface area is 173 Å². The summed E-state index contributed by atoms with van der Waals surface area (Å²) in [6.45, 7) is 1.67. The van der Waals surface area contributed by atoms with E-state index in [1.807, 2.05) is 6.07 Å². The van der Waals surface area contributed by atoms with E-state index in [0.717, 1.165) is 4.57 Å². The molecule has 3 aromatic rings. The van der Waals surface area contributed by atoms with Crippen molar-refractivity contribution in [3.05, 3.63) is 75.3 Å². The van der Waals surface area contributed by atoms with E-state index in [1.165, 1.54) is 13.3 Å². The van der Waals surface area contributed by atoms with E-state index >= 15 is 0 Å². The van der Waals surface area contributed by atoms with Crippen LogP contribution in [0.25, 0.3) is 0 Å². The van der Waals surface area contributed by atoms with E-state index in [-0.39, 0.29) is 23.6 Å². The van der Waals surface area contributed by atoms with Crippen LogP contribution in [0.4, 0.5) is 5.69 Å². The number of methoxy groups -OCH3 is 2. The molecule has 3 rings (SSSR count). The summed E-state index contributed by atoms with van der Waals surface area (Å²) in [6, 6.07) is 10.6. The molecule has 0 saturated carbocycles. The number of nitriles is 1. The SMILES string of the molecule is COc1ccc(N=Cc2c(C)c(C#N)c(=O)n(Cc3cccnc3)c2O)c(OC)c1. The van der Waals surface area contributed by atoms with Crippen LogP contribution in [-0.2, 0) is 6.54 Å². The van der Waals surface area contributed by atoms with Crippen LogP contribution in [0, 0.1) is 18.3 Å². The van der Waals surface area contributed by atoms with E-state index in [0.29, 0.717) is 28.3 Å². The van der Waals surface area contributed by atoms with Crippen molar-refractivity contribution in [3.8, 4) is 23.4 Å². The van der Waals surface area contributed by atoms with Crippen LogP contribution in [0.5, 0.6) is 17.4 Å². The quantitative estimate of drug-likeness (QED) is 0.633. The minimum atomic E-state index is -0.574. The van der Waals surface area contributed by atoms with Gasteiger partial charge in [0.15, 0.2) is 0 Å². The molecule has 0 fully saturated rings. The Kier molecular flexibility index (Phi) is 6.13. The first kappa shape index (κ1) is 20.6. The van der Waals surface area contributed by atoms with E-state index in [4.69, 9.17) is 9.47 Å². The predicted molar refractivity (Wildman–Crippen MR) is 112 cm³/mol. The highest BCUT2D eigenvalue weighted by Crippen LogP contribution is 2.32. The van der Waals surface area contributed by atoms with Gasteiger partial charge >= 0.3 is 0 Å². The Hall–Kier alpha value is -4.12. The maximum absolute atomic E-state index is 12.7. The number of ether oxygens (including phenoxy) is 2. The van der Waals surface area contributed by atoms with E-state index in [2.05, 4.69) is 9.98 Å². The predicted octanol–water partition coefficient (Wildman–Crippen LogP) is 2.95. The smallest absolute Gasteiger partial charge is 0.271 e. The molecule has 0 aliphatic carbocycles. The summed E-state index contributed by atoms with van der Waals surface area (Å²) in [5.41, 5.74) is 1.20. The van der Waals surface area contributed by atoms with Crippen molar-refractivity contribution in [2.24, 2.45) is 4.99 Å². The van der Waals surface area contributed by atoms with Gasteiger partial charge in [-0.05, 0) is 36.2 Å². The molecule has 8 heteroatoms. The fourth-order valence-corrected chi connectivity index (χ4v) is 2.97. The second-order valence-electron chi connectivity index (χ2n) is 6.40.